The molecule has 8 nitrogen and oxygen atoms in total. The predicted molar refractivity (Wildman–Crippen MR) is 102 cm³/mol. The van der Waals surface area contributed by atoms with Gasteiger partial charge in [0.05, 0.1) is 18.6 Å². The van der Waals surface area contributed by atoms with Crippen LogP contribution in [0.15, 0.2) is 23.1 Å². The minimum Gasteiger partial charge on any atom is -0.493 e. The highest BCUT2D eigenvalue weighted by atomic mass is 32.2. The normalized spacial score (nSPS) is 15.4. The van der Waals surface area contributed by atoms with Gasteiger partial charge in [-0.25, -0.2) is 0 Å². The molecule has 1 fully saturated rings. The zero-order chi connectivity index (χ0) is 19.8. The van der Waals surface area contributed by atoms with Crippen molar-refractivity contribution in [2.24, 2.45) is 0 Å². The first-order valence-corrected chi connectivity index (χ1v) is 9.13. The van der Waals surface area contributed by atoms with E-state index in [9.17, 15) is 14.4 Å². The van der Waals surface area contributed by atoms with E-state index in [1.165, 1.54) is 14.2 Å². The van der Waals surface area contributed by atoms with E-state index >= 15 is 0 Å². The van der Waals surface area contributed by atoms with E-state index in [4.69, 9.17) is 14.2 Å². The lowest BCUT2D eigenvalue weighted by Gasteiger charge is -2.12. The summed E-state index contributed by atoms with van der Waals surface area (Å²) in [5.74, 6) is 0.461. The van der Waals surface area contributed by atoms with Crippen molar-refractivity contribution in [2.45, 2.75) is 6.92 Å². The Morgan fingerprint density at radius 3 is 2.70 bits per heavy atom. The van der Waals surface area contributed by atoms with Crippen LogP contribution in [0.2, 0.25) is 0 Å². The fourth-order valence-corrected chi connectivity index (χ4v) is 3.25. The summed E-state index contributed by atoms with van der Waals surface area (Å²) in [6.45, 7) is 2.59. The average molecular weight is 394 g/mol. The molecule has 0 radical (unpaired) electrons. The molecule has 0 bridgehead atoms. The Morgan fingerprint density at radius 2 is 2.04 bits per heavy atom. The average Bonchev–Trinajstić information content (AvgIpc) is 2.90. The van der Waals surface area contributed by atoms with Crippen molar-refractivity contribution in [2.75, 3.05) is 40.5 Å². The lowest BCUT2D eigenvalue weighted by atomic mass is 10.2. The van der Waals surface area contributed by atoms with Crippen molar-refractivity contribution in [1.82, 2.24) is 10.2 Å². The summed E-state index contributed by atoms with van der Waals surface area (Å²) in [6.07, 6.45) is 1.63. The van der Waals surface area contributed by atoms with Crippen LogP contribution in [0.4, 0.5) is 4.79 Å². The summed E-state index contributed by atoms with van der Waals surface area (Å²) in [6, 6.07) is 5.28. The van der Waals surface area contributed by atoms with Gasteiger partial charge in [-0.3, -0.25) is 19.3 Å². The SMILES string of the molecule is CCOc1ccc(/C=C2/SC(=O)N(CCNC(=O)COC)C2=O)cc1OC. The number of nitrogens with zero attached hydrogens (tertiary/aromatic N) is 1. The highest BCUT2D eigenvalue weighted by Crippen LogP contribution is 2.34. The molecule has 1 heterocycles. The van der Waals surface area contributed by atoms with E-state index in [2.05, 4.69) is 5.32 Å². The number of carbonyl (C=O) groups is 3. The Morgan fingerprint density at radius 1 is 1.26 bits per heavy atom. The van der Waals surface area contributed by atoms with E-state index in [0.29, 0.717) is 28.6 Å². The smallest absolute Gasteiger partial charge is 0.293 e. The molecule has 0 aliphatic carbocycles. The molecule has 0 atom stereocenters. The number of amides is 3. The number of nitrogens with one attached hydrogen (secondary N) is 1. The van der Waals surface area contributed by atoms with Gasteiger partial charge in [-0.15, -0.1) is 0 Å². The predicted octanol–water partition coefficient (Wildman–Crippen LogP) is 1.89. The standard InChI is InChI=1S/C18H22N2O6S/c1-4-26-13-6-5-12(9-14(13)25-3)10-15-17(22)20(18(23)27-15)8-7-19-16(21)11-24-2/h5-6,9-10H,4,7-8,11H2,1-3H3,(H,19,21)/b15-10+. The van der Waals surface area contributed by atoms with Crippen molar-refractivity contribution >= 4 is 34.9 Å². The van der Waals surface area contributed by atoms with Gasteiger partial charge in [0.1, 0.15) is 6.61 Å². The van der Waals surface area contributed by atoms with E-state index in [1.54, 1.807) is 24.3 Å². The molecular weight excluding hydrogens is 372 g/mol. The molecule has 1 aliphatic rings. The molecule has 0 saturated carbocycles. The Bertz CT molecular complexity index is 749. The molecule has 0 aromatic heterocycles. The maximum atomic E-state index is 12.5. The number of methoxy groups -OCH3 is 2. The van der Waals surface area contributed by atoms with Gasteiger partial charge < -0.3 is 19.5 Å². The summed E-state index contributed by atoms with van der Waals surface area (Å²) < 4.78 is 15.5. The number of rotatable bonds is 9. The van der Waals surface area contributed by atoms with Gasteiger partial charge in [0, 0.05) is 20.2 Å². The zero-order valence-electron chi connectivity index (χ0n) is 15.4. The van der Waals surface area contributed by atoms with Gasteiger partial charge in [-0.1, -0.05) is 6.07 Å². The van der Waals surface area contributed by atoms with Gasteiger partial charge >= 0.3 is 0 Å². The molecule has 27 heavy (non-hydrogen) atoms. The summed E-state index contributed by atoms with van der Waals surface area (Å²) in [7, 11) is 2.95. The summed E-state index contributed by atoms with van der Waals surface area (Å²) in [5, 5.41) is 2.21. The monoisotopic (exact) mass is 394 g/mol. The van der Waals surface area contributed by atoms with Crippen LogP contribution in [0.1, 0.15) is 12.5 Å². The van der Waals surface area contributed by atoms with Crippen LogP contribution < -0.4 is 14.8 Å². The first kappa shape index (κ1) is 20.8. The lowest BCUT2D eigenvalue weighted by molar-refractivity contribution is -0.126. The van der Waals surface area contributed by atoms with Crippen molar-refractivity contribution < 1.29 is 28.6 Å². The van der Waals surface area contributed by atoms with Gasteiger partial charge in [0.2, 0.25) is 5.91 Å². The zero-order valence-corrected chi connectivity index (χ0v) is 16.3. The Hall–Kier alpha value is -2.52. The molecule has 3 amide bonds. The van der Waals surface area contributed by atoms with E-state index in [0.717, 1.165) is 16.7 Å². The van der Waals surface area contributed by atoms with Crippen LogP contribution in [0, 0.1) is 0 Å². The number of carbonyl (C=O) groups excluding carboxylic acids is 3. The topological polar surface area (TPSA) is 94.2 Å². The Labute approximate surface area is 161 Å². The van der Waals surface area contributed by atoms with Crippen LogP contribution in [0.3, 0.4) is 0 Å². The molecule has 9 heteroatoms. The molecule has 1 aromatic carbocycles. The fraction of sp³-hybridized carbons (Fsp3) is 0.389. The molecule has 146 valence electrons. The van der Waals surface area contributed by atoms with E-state index in [-0.39, 0.29) is 36.7 Å². The summed E-state index contributed by atoms with van der Waals surface area (Å²) >= 11 is 0.863. The van der Waals surface area contributed by atoms with Crippen LogP contribution in [0.25, 0.3) is 6.08 Å². The largest absolute Gasteiger partial charge is 0.493 e. The second kappa shape index (κ2) is 9.98. The molecular formula is C18H22N2O6S. The highest BCUT2D eigenvalue weighted by molar-refractivity contribution is 8.18. The van der Waals surface area contributed by atoms with Gasteiger partial charge in [0.25, 0.3) is 11.1 Å². The molecule has 0 spiro atoms. The van der Waals surface area contributed by atoms with E-state index < -0.39 is 0 Å². The van der Waals surface area contributed by atoms with Crippen LogP contribution in [0.5, 0.6) is 11.5 Å². The Kier molecular flexibility index (Phi) is 7.68. The Balaban J connectivity index is 2.06. The van der Waals surface area contributed by atoms with Crippen molar-refractivity contribution in [3.8, 4) is 11.5 Å². The van der Waals surface area contributed by atoms with Crippen LogP contribution in [-0.2, 0) is 14.3 Å². The minimum atomic E-state index is -0.390. The summed E-state index contributed by atoms with van der Waals surface area (Å²) in [4.78, 5) is 37.3. The number of hydrogen-bond acceptors (Lipinski definition) is 7. The van der Waals surface area contributed by atoms with Crippen molar-refractivity contribution in [3.05, 3.63) is 28.7 Å². The minimum absolute atomic E-state index is 0.0681. The quantitative estimate of drug-likeness (QED) is 0.639. The molecule has 1 aromatic rings. The number of imide groups is 1. The second-order valence-electron chi connectivity index (χ2n) is 5.46. The van der Waals surface area contributed by atoms with E-state index in [1.807, 2.05) is 6.92 Å². The third kappa shape index (κ3) is 5.48. The number of hydrogen-bond donors (Lipinski definition) is 1. The number of benzene rings is 1. The maximum absolute atomic E-state index is 12.5. The molecule has 1 aliphatic heterocycles. The third-order valence-electron chi connectivity index (χ3n) is 3.59. The first-order chi connectivity index (χ1) is 13.0. The van der Waals surface area contributed by atoms with Crippen molar-refractivity contribution in [3.63, 3.8) is 0 Å². The fourth-order valence-electron chi connectivity index (χ4n) is 2.38. The van der Waals surface area contributed by atoms with Gasteiger partial charge in [0.15, 0.2) is 11.5 Å². The van der Waals surface area contributed by atoms with Gasteiger partial charge in [-0.2, -0.15) is 0 Å². The van der Waals surface area contributed by atoms with Crippen LogP contribution >= 0.6 is 11.8 Å². The number of ether oxygens (including phenoxy) is 3. The summed E-state index contributed by atoms with van der Waals surface area (Å²) in [5.41, 5.74) is 0.717. The van der Waals surface area contributed by atoms with Gasteiger partial charge in [-0.05, 0) is 42.5 Å². The third-order valence-corrected chi connectivity index (χ3v) is 4.50. The number of thioether (sulfide) groups is 1. The second-order valence-corrected chi connectivity index (χ2v) is 6.45. The van der Waals surface area contributed by atoms with Crippen molar-refractivity contribution in [1.29, 1.82) is 0 Å². The molecule has 2 rings (SSSR count). The molecule has 1 N–H and O–H groups in total. The highest BCUT2D eigenvalue weighted by Gasteiger charge is 2.34. The molecule has 1 saturated heterocycles. The first-order valence-electron chi connectivity index (χ1n) is 8.32. The molecule has 0 unspecified atom stereocenters. The maximum Gasteiger partial charge on any atom is 0.293 e. The lowest BCUT2D eigenvalue weighted by Crippen LogP contribution is -2.38. The van der Waals surface area contributed by atoms with Crippen LogP contribution in [-0.4, -0.2) is 62.5 Å².